The number of carbonyl (C=O) groups is 1. The predicted molar refractivity (Wildman–Crippen MR) is 96.2 cm³/mol. The minimum Gasteiger partial charge on any atom is -0.496 e. The van der Waals surface area contributed by atoms with Crippen molar-refractivity contribution in [1.29, 1.82) is 0 Å². The molecule has 0 aliphatic carbocycles. The lowest BCUT2D eigenvalue weighted by atomic mass is 10.1. The average Bonchev–Trinajstić information content (AvgIpc) is 2.62. The zero-order chi connectivity index (χ0) is 18.0. The van der Waals surface area contributed by atoms with E-state index in [0.717, 1.165) is 5.56 Å². The third-order valence-electron chi connectivity index (χ3n) is 3.86. The zero-order valence-electron chi connectivity index (χ0n) is 13.7. The van der Waals surface area contributed by atoms with E-state index in [1.165, 1.54) is 10.7 Å². The molecule has 25 heavy (non-hydrogen) atoms. The van der Waals surface area contributed by atoms with Crippen LogP contribution in [0.5, 0.6) is 5.75 Å². The summed E-state index contributed by atoms with van der Waals surface area (Å²) in [6.45, 7) is 0.223. The Labute approximate surface area is 149 Å². The van der Waals surface area contributed by atoms with Gasteiger partial charge in [0.2, 0.25) is 5.43 Å². The van der Waals surface area contributed by atoms with Crippen LogP contribution in [-0.4, -0.2) is 22.8 Å². The molecule has 0 aliphatic heterocycles. The van der Waals surface area contributed by atoms with Crippen LogP contribution >= 0.6 is 11.6 Å². The summed E-state index contributed by atoms with van der Waals surface area (Å²) in [5.41, 5.74) is 0.787. The summed E-state index contributed by atoms with van der Waals surface area (Å²) >= 11 is 5.97. The minimum absolute atomic E-state index is 0.174. The predicted octanol–water partition coefficient (Wildman–Crippen LogP) is 2.53. The van der Waals surface area contributed by atoms with E-state index in [0.29, 0.717) is 21.7 Å². The molecule has 0 saturated carbocycles. The summed E-state index contributed by atoms with van der Waals surface area (Å²) in [7, 11) is 3.23. The van der Waals surface area contributed by atoms with Crippen LogP contribution < -0.4 is 15.5 Å². The van der Waals surface area contributed by atoms with Crippen molar-refractivity contribution in [3.63, 3.8) is 0 Å². The van der Waals surface area contributed by atoms with Crippen molar-refractivity contribution in [2.75, 3.05) is 7.11 Å². The fourth-order valence-corrected chi connectivity index (χ4v) is 2.78. The molecule has 1 heterocycles. The van der Waals surface area contributed by atoms with Gasteiger partial charge >= 0.3 is 0 Å². The van der Waals surface area contributed by atoms with Gasteiger partial charge in [-0.15, -0.1) is 0 Å². The van der Waals surface area contributed by atoms with Gasteiger partial charge in [-0.05, 0) is 24.3 Å². The fraction of sp³-hybridized carbons (Fsp3) is 0.167. The van der Waals surface area contributed by atoms with Crippen LogP contribution in [0.3, 0.4) is 0 Å². The highest BCUT2D eigenvalue weighted by molar-refractivity contribution is 6.31. The summed E-state index contributed by atoms with van der Waals surface area (Å²) in [4.78, 5) is 25.0. The first-order valence-corrected chi connectivity index (χ1v) is 7.95. The maximum absolute atomic E-state index is 12.6. The number of nitrogens with zero attached hydrogens (tertiary/aromatic N) is 2. The summed E-state index contributed by atoms with van der Waals surface area (Å²) in [6, 6.07) is 12.2. The van der Waals surface area contributed by atoms with Crippen LogP contribution in [0.15, 0.2) is 47.3 Å². The second kappa shape index (κ2) is 6.94. The number of carbonyl (C=O) groups excluding carboxylic acids is 1. The zero-order valence-corrected chi connectivity index (χ0v) is 14.5. The lowest BCUT2D eigenvalue weighted by Crippen LogP contribution is -2.31. The Kier molecular flexibility index (Phi) is 4.72. The molecule has 0 saturated heterocycles. The molecule has 3 aromatic rings. The average molecular weight is 358 g/mol. The monoisotopic (exact) mass is 357 g/mol. The second-order valence-electron chi connectivity index (χ2n) is 5.46. The molecule has 128 valence electrons. The topological polar surface area (TPSA) is 73.2 Å². The molecule has 0 unspecified atom stereocenters. The minimum atomic E-state index is -0.548. The fourth-order valence-electron chi connectivity index (χ4n) is 2.61. The number of aryl methyl sites for hydroxylation is 1. The van der Waals surface area contributed by atoms with Crippen molar-refractivity contribution < 1.29 is 9.53 Å². The van der Waals surface area contributed by atoms with Crippen LogP contribution in [0.2, 0.25) is 5.02 Å². The SMILES string of the molecule is COc1ccccc1CNC(=O)c1nn(C)c2ccc(Cl)cc2c1=O. The van der Waals surface area contributed by atoms with Gasteiger partial charge in [0.05, 0.1) is 18.0 Å². The first kappa shape index (κ1) is 17.0. The molecule has 1 N–H and O–H groups in total. The van der Waals surface area contributed by atoms with Crippen LogP contribution in [0, 0.1) is 0 Å². The van der Waals surface area contributed by atoms with Crippen molar-refractivity contribution in [2.45, 2.75) is 6.54 Å². The number of hydrogen-bond donors (Lipinski definition) is 1. The number of para-hydroxylation sites is 1. The number of rotatable bonds is 4. The third kappa shape index (κ3) is 3.34. The Bertz CT molecular complexity index is 1010. The highest BCUT2D eigenvalue weighted by Crippen LogP contribution is 2.17. The lowest BCUT2D eigenvalue weighted by molar-refractivity contribution is 0.0942. The van der Waals surface area contributed by atoms with Gasteiger partial charge in [-0.3, -0.25) is 14.3 Å². The quantitative estimate of drug-likeness (QED) is 0.778. The molecular formula is C18H16ClN3O3. The Morgan fingerprint density at radius 3 is 2.80 bits per heavy atom. The van der Waals surface area contributed by atoms with Crippen LogP contribution in [0.25, 0.3) is 10.9 Å². The number of hydrogen-bond acceptors (Lipinski definition) is 4. The van der Waals surface area contributed by atoms with Gasteiger partial charge in [0, 0.05) is 24.2 Å². The summed E-state index contributed by atoms with van der Waals surface area (Å²) in [5, 5.41) is 7.59. The van der Waals surface area contributed by atoms with Gasteiger partial charge in [-0.2, -0.15) is 5.10 Å². The Hall–Kier alpha value is -2.86. The number of halogens is 1. The highest BCUT2D eigenvalue weighted by atomic mass is 35.5. The summed E-state index contributed by atoms with van der Waals surface area (Å²) < 4.78 is 6.74. The number of methoxy groups -OCH3 is 1. The van der Waals surface area contributed by atoms with Gasteiger partial charge in [0.25, 0.3) is 5.91 Å². The van der Waals surface area contributed by atoms with Gasteiger partial charge < -0.3 is 10.1 Å². The number of aromatic nitrogens is 2. The largest absolute Gasteiger partial charge is 0.496 e. The number of amides is 1. The molecular weight excluding hydrogens is 342 g/mol. The highest BCUT2D eigenvalue weighted by Gasteiger charge is 2.17. The number of ether oxygens (including phenoxy) is 1. The smallest absolute Gasteiger partial charge is 0.276 e. The lowest BCUT2D eigenvalue weighted by Gasteiger charge is -2.10. The molecule has 6 nitrogen and oxygen atoms in total. The molecule has 0 atom stereocenters. The first-order chi connectivity index (χ1) is 12.0. The number of fused-ring (bicyclic) bond motifs is 1. The molecule has 0 spiro atoms. The molecule has 7 heteroatoms. The van der Waals surface area contributed by atoms with Crippen molar-refractivity contribution in [3.05, 3.63) is 69.0 Å². The van der Waals surface area contributed by atoms with Crippen LogP contribution in [-0.2, 0) is 13.6 Å². The standard InChI is InChI=1S/C18H16ClN3O3/c1-22-14-8-7-12(19)9-13(14)17(23)16(21-22)18(24)20-10-11-5-3-4-6-15(11)25-2/h3-9H,10H2,1-2H3,(H,20,24). The van der Waals surface area contributed by atoms with E-state index in [-0.39, 0.29) is 12.2 Å². The summed E-state index contributed by atoms with van der Waals surface area (Å²) in [5.74, 6) is 0.113. The molecule has 0 bridgehead atoms. The third-order valence-corrected chi connectivity index (χ3v) is 4.10. The Morgan fingerprint density at radius 1 is 1.28 bits per heavy atom. The van der Waals surface area contributed by atoms with Gasteiger partial charge in [0.1, 0.15) is 5.75 Å². The van der Waals surface area contributed by atoms with Crippen molar-refractivity contribution in [3.8, 4) is 5.75 Å². The molecule has 0 fully saturated rings. The van der Waals surface area contributed by atoms with E-state index in [2.05, 4.69) is 10.4 Å². The molecule has 2 aromatic carbocycles. The van der Waals surface area contributed by atoms with Crippen molar-refractivity contribution >= 4 is 28.4 Å². The summed E-state index contributed by atoms with van der Waals surface area (Å²) in [6.07, 6.45) is 0. The van der Waals surface area contributed by atoms with E-state index in [9.17, 15) is 9.59 Å². The molecule has 1 aromatic heterocycles. The molecule has 0 radical (unpaired) electrons. The molecule has 3 rings (SSSR count). The van der Waals surface area contributed by atoms with E-state index < -0.39 is 11.3 Å². The Morgan fingerprint density at radius 2 is 2.04 bits per heavy atom. The molecule has 0 aliphatic rings. The van der Waals surface area contributed by atoms with Crippen molar-refractivity contribution in [2.24, 2.45) is 7.05 Å². The maximum atomic E-state index is 12.6. The Balaban J connectivity index is 1.92. The van der Waals surface area contributed by atoms with Gasteiger partial charge in [-0.1, -0.05) is 29.8 Å². The van der Waals surface area contributed by atoms with E-state index in [1.807, 2.05) is 18.2 Å². The second-order valence-corrected chi connectivity index (χ2v) is 5.89. The van der Waals surface area contributed by atoms with Crippen molar-refractivity contribution in [1.82, 2.24) is 15.1 Å². The van der Waals surface area contributed by atoms with Gasteiger partial charge in [0.15, 0.2) is 5.69 Å². The van der Waals surface area contributed by atoms with E-state index >= 15 is 0 Å². The van der Waals surface area contributed by atoms with Gasteiger partial charge in [-0.25, -0.2) is 0 Å². The number of benzene rings is 2. The van der Waals surface area contributed by atoms with E-state index in [4.69, 9.17) is 16.3 Å². The normalized spacial score (nSPS) is 10.7. The van der Waals surface area contributed by atoms with E-state index in [1.54, 1.807) is 32.4 Å². The maximum Gasteiger partial charge on any atom is 0.276 e. The number of nitrogens with one attached hydrogen (secondary N) is 1. The van der Waals surface area contributed by atoms with Crippen LogP contribution in [0.4, 0.5) is 0 Å². The van der Waals surface area contributed by atoms with Crippen LogP contribution in [0.1, 0.15) is 16.1 Å². The molecule has 1 amide bonds. The first-order valence-electron chi connectivity index (χ1n) is 7.58.